The molecule has 0 atom stereocenters. The third kappa shape index (κ3) is 1.42. The average Bonchev–Trinajstić information content (AvgIpc) is 2.16. The predicted octanol–water partition coefficient (Wildman–Crippen LogP) is 0.236. The van der Waals surface area contributed by atoms with Gasteiger partial charge in [0.25, 0.3) is 0 Å². The molecule has 52 valence electrons. The van der Waals surface area contributed by atoms with E-state index in [0.717, 1.165) is 25.7 Å². The van der Waals surface area contributed by atoms with Gasteiger partial charge >= 0.3 is 0 Å². The fraction of sp³-hybridized carbons (Fsp3) is 0.833. The van der Waals surface area contributed by atoms with E-state index in [1.54, 1.807) is 0 Å². The zero-order chi connectivity index (χ0) is 6.74. The lowest BCUT2D eigenvalue weighted by molar-refractivity contribution is 0.0581. The Bertz CT molecular complexity index is 116. The smallest absolute Gasteiger partial charge is 0.157 e. The highest BCUT2D eigenvalue weighted by Gasteiger charge is 2.29. The maximum atomic E-state index is 9.41. The first-order valence-electron chi connectivity index (χ1n) is 3.25. The second kappa shape index (κ2) is 2.35. The minimum absolute atomic E-state index is 0.765. The topological polar surface area (TPSA) is 58.6 Å². The molecule has 1 fully saturated rings. The van der Waals surface area contributed by atoms with Crippen LogP contribution >= 0.6 is 0 Å². The van der Waals surface area contributed by atoms with Crippen molar-refractivity contribution in [2.75, 3.05) is 0 Å². The Balaban J connectivity index is 2.51. The first-order valence-corrected chi connectivity index (χ1v) is 3.25. The Morgan fingerprint density at radius 2 is 2.00 bits per heavy atom. The Hall–Kier alpha value is -0.570. The zero-order valence-electron chi connectivity index (χ0n) is 5.38. The molecular formula is C6H12N2O. The van der Waals surface area contributed by atoms with E-state index in [2.05, 4.69) is 4.99 Å². The van der Waals surface area contributed by atoms with Crippen LogP contribution in [0.15, 0.2) is 4.99 Å². The van der Waals surface area contributed by atoms with Gasteiger partial charge in [-0.2, -0.15) is 0 Å². The maximum Gasteiger partial charge on any atom is 0.157 e. The zero-order valence-corrected chi connectivity index (χ0v) is 5.38. The van der Waals surface area contributed by atoms with Crippen molar-refractivity contribution in [3.63, 3.8) is 0 Å². The molecule has 1 aliphatic rings. The van der Waals surface area contributed by atoms with Crippen LogP contribution in [0.25, 0.3) is 0 Å². The number of rotatable bonds is 1. The van der Waals surface area contributed by atoms with Crippen molar-refractivity contribution >= 4 is 6.34 Å². The van der Waals surface area contributed by atoms with Gasteiger partial charge in [-0.15, -0.1) is 0 Å². The van der Waals surface area contributed by atoms with Gasteiger partial charge in [0.1, 0.15) is 0 Å². The van der Waals surface area contributed by atoms with Gasteiger partial charge in [-0.25, -0.2) is 4.99 Å². The van der Waals surface area contributed by atoms with Gasteiger partial charge in [0.05, 0.1) is 6.34 Å². The van der Waals surface area contributed by atoms with Crippen molar-refractivity contribution in [3.05, 3.63) is 0 Å². The summed E-state index contributed by atoms with van der Waals surface area (Å²) in [5.74, 6) is 0. The van der Waals surface area contributed by atoms with E-state index in [0.29, 0.717) is 0 Å². The molecule has 0 spiro atoms. The molecule has 0 amide bonds. The van der Waals surface area contributed by atoms with Crippen molar-refractivity contribution in [3.8, 4) is 0 Å². The molecule has 0 radical (unpaired) electrons. The Morgan fingerprint density at radius 1 is 1.44 bits per heavy atom. The molecule has 0 aromatic rings. The standard InChI is InChI=1S/C6H12N2O/c7-5-8-6(9)3-1-2-4-6/h5,9H,1-4H2,(H2,7,8). The van der Waals surface area contributed by atoms with Crippen LogP contribution < -0.4 is 5.73 Å². The van der Waals surface area contributed by atoms with E-state index in [1.165, 1.54) is 6.34 Å². The second-order valence-electron chi connectivity index (χ2n) is 2.47. The van der Waals surface area contributed by atoms with Crippen molar-refractivity contribution in [2.24, 2.45) is 10.7 Å². The largest absolute Gasteiger partial charge is 0.390 e. The van der Waals surface area contributed by atoms with Gasteiger partial charge in [-0.1, -0.05) is 0 Å². The van der Waals surface area contributed by atoms with E-state index in [1.807, 2.05) is 0 Å². The van der Waals surface area contributed by atoms with E-state index in [4.69, 9.17) is 5.73 Å². The first-order chi connectivity index (χ1) is 4.27. The number of nitrogens with two attached hydrogens (primary N) is 1. The third-order valence-corrected chi connectivity index (χ3v) is 1.72. The van der Waals surface area contributed by atoms with Crippen molar-refractivity contribution in [1.82, 2.24) is 0 Å². The van der Waals surface area contributed by atoms with Crippen LogP contribution in [-0.2, 0) is 0 Å². The lowest BCUT2D eigenvalue weighted by Crippen LogP contribution is -2.21. The summed E-state index contributed by atoms with van der Waals surface area (Å²) in [7, 11) is 0. The van der Waals surface area contributed by atoms with Gasteiger partial charge in [-0.3, -0.25) is 0 Å². The molecule has 0 bridgehead atoms. The van der Waals surface area contributed by atoms with Gasteiger partial charge < -0.3 is 10.8 Å². The molecule has 0 saturated heterocycles. The Kier molecular flexibility index (Phi) is 1.71. The van der Waals surface area contributed by atoms with Crippen LogP contribution in [0.1, 0.15) is 25.7 Å². The highest BCUT2D eigenvalue weighted by atomic mass is 16.3. The summed E-state index contributed by atoms with van der Waals surface area (Å²) in [5, 5.41) is 9.41. The molecule has 0 heterocycles. The number of aliphatic hydroxyl groups is 1. The summed E-state index contributed by atoms with van der Waals surface area (Å²) in [6.45, 7) is 0. The van der Waals surface area contributed by atoms with Crippen LogP contribution in [0, 0.1) is 0 Å². The van der Waals surface area contributed by atoms with Crippen LogP contribution in [0.2, 0.25) is 0 Å². The third-order valence-electron chi connectivity index (χ3n) is 1.72. The lowest BCUT2D eigenvalue weighted by atomic mass is 10.2. The highest BCUT2D eigenvalue weighted by Crippen LogP contribution is 2.29. The van der Waals surface area contributed by atoms with Crippen LogP contribution in [-0.4, -0.2) is 17.2 Å². The predicted molar refractivity (Wildman–Crippen MR) is 36.1 cm³/mol. The minimum atomic E-state index is -0.811. The van der Waals surface area contributed by atoms with Crippen molar-refractivity contribution in [1.29, 1.82) is 0 Å². The molecule has 0 aliphatic heterocycles. The summed E-state index contributed by atoms with van der Waals surface area (Å²) in [4.78, 5) is 3.76. The number of hydrogen-bond acceptors (Lipinski definition) is 2. The fourth-order valence-corrected chi connectivity index (χ4v) is 1.21. The second-order valence-corrected chi connectivity index (χ2v) is 2.47. The monoisotopic (exact) mass is 128 g/mol. The molecule has 1 aliphatic carbocycles. The van der Waals surface area contributed by atoms with E-state index < -0.39 is 5.72 Å². The van der Waals surface area contributed by atoms with Gasteiger partial charge in [0, 0.05) is 0 Å². The summed E-state index contributed by atoms with van der Waals surface area (Å²) in [6.07, 6.45) is 4.84. The molecular weight excluding hydrogens is 116 g/mol. The van der Waals surface area contributed by atoms with Gasteiger partial charge in [0.2, 0.25) is 0 Å². The average molecular weight is 128 g/mol. The SMILES string of the molecule is NC=NC1(O)CCCC1. The summed E-state index contributed by atoms with van der Waals surface area (Å²) < 4.78 is 0. The quantitative estimate of drug-likeness (QED) is 0.392. The molecule has 0 aromatic heterocycles. The Labute approximate surface area is 54.6 Å². The molecule has 3 heteroatoms. The number of aliphatic imine (C=N–C) groups is 1. The van der Waals surface area contributed by atoms with Crippen LogP contribution in [0.5, 0.6) is 0 Å². The summed E-state index contributed by atoms with van der Waals surface area (Å²) in [6, 6.07) is 0. The van der Waals surface area contributed by atoms with Gasteiger partial charge in [0.15, 0.2) is 5.72 Å². The first kappa shape index (κ1) is 6.55. The summed E-state index contributed by atoms with van der Waals surface area (Å²) in [5.41, 5.74) is 4.23. The highest BCUT2D eigenvalue weighted by molar-refractivity contribution is 5.51. The van der Waals surface area contributed by atoms with Crippen LogP contribution in [0.4, 0.5) is 0 Å². The number of hydrogen-bond donors (Lipinski definition) is 2. The van der Waals surface area contributed by atoms with Crippen molar-refractivity contribution in [2.45, 2.75) is 31.4 Å². The fourth-order valence-electron chi connectivity index (χ4n) is 1.21. The van der Waals surface area contributed by atoms with E-state index >= 15 is 0 Å². The van der Waals surface area contributed by atoms with Gasteiger partial charge in [-0.05, 0) is 25.7 Å². The number of nitrogens with zero attached hydrogens (tertiary/aromatic N) is 1. The van der Waals surface area contributed by atoms with E-state index in [-0.39, 0.29) is 0 Å². The molecule has 3 nitrogen and oxygen atoms in total. The van der Waals surface area contributed by atoms with Crippen LogP contribution in [0.3, 0.4) is 0 Å². The summed E-state index contributed by atoms with van der Waals surface area (Å²) >= 11 is 0. The molecule has 0 aromatic carbocycles. The minimum Gasteiger partial charge on any atom is -0.390 e. The molecule has 1 saturated carbocycles. The van der Waals surface area contributed by atoms with Crippen molar-refractivity contribution < 1.29 is 5.11 Å². The molecule has 1 rings (SSSR count). The van der Waals surface area contributed by atoms with E-state index in [9.17, 15) is 5.11 Å². The molecule has 0 unspecified atom stereocenters. The normalized spacial score (nSPS) is 25.4. The Morgan fingerprint density at radius 3 is 2.44 bits per heavy atom. The maximum absolute atomic E-state index is 9.41. The lowest BCUT2D eigenvalue weighted by Gasteiger charge is -2.14. The molecule has 3 N–H and O–H groups in total. The molecule has 9 heavy (non-hydrogen) atoms.